The summed E-state index contributed by atoms with van der Waals surface area (Å²) in [5.41, 5.74) is 6.92. The van der Waals surface area contributed by atoms with Gasteiger partial charge in [0.1, 0.15) is 0 Å². The van der Waals surface area contributed by atoms with E-state index in [1.165, 1.54) is 0 Å². The number of nitrogens with two attached hydrogens (primary N) is 1. The van der Waals surface area contributed by atoms with Gasteiger partial charge in [-0.3, -0.25) is 0 Å². The lowest BCUT2D eigenvalue weighted by molar-refractivity contribution is 0.699. The first kappa shape index (κ1) is 13.4. The molecule has 78 valence electrons. The van der Waals surface area contributed by atoms with E-state index >= 15 is 0 Å². The van der Waals surface area contributed by atoms with Crippen LogP contribution in [0.1, 0.15) is 5.56 Å². The van der Waals surface area contributed by atoms with Gasteiger partial charge >= 0.3 is 0 Å². The molecule has 0 aliphatic carbocycles. The van der Waals surface area contributed by atoms with Gasteiger partial charge in [-0.25, -0.2) is 4.39 Å². The van der Waals surface area contributed by atoms with E-state index in [2.05, 4.69) is 0 Å². The highest BCUT2D eigenvalue weighted by atomic mass is 35.5. The molecule has 0 aliphatic rings. The van der Waals surface area contributed by atoms with E-state index in [1.807, 2.05) is 12.1 Å². The van der Waals surface area contributed by atoms with E-state index in [9.17, 15) is 4.39 Å². The maximum atomic E-state index is 12.2. The van der Waals surface area contributed by atoms with Crippen LogP contribution in [0.4, 0.5) is 4.39 Å². The van der Waals surface area contributed by atoms with Crippen molar-refractivity contribution in [1.29, 1.82) is 0 Å². The van der Waals surface area contributed by atoms with Crippen LogP contribution in [-0.4, -0.2) is 6.54 Å². The topological polar surface area (TPSA) is 26.0 Å². The molecule has 4 heteroatoms. The van der Waals surface area contributed by atoms with Gasteiger partial charge in [0.15, 0.2) is 0 Å². The molecule has 0 heterocycles. The second-order valence-corrected chi connectivity index (χ2v) is 3.21. The minimum absolute atomic E-state index is 0. The summed E-state index contributed by atoms with van der Waals surface area (Å²) in [5.74, 6) is 0. The van der Waals surface area contributed by atoms with Gasteiger partial charge in [-0.2, -0.15) is 0 Å². The number of rotatable bonds is 3. The van der Waals surface area contributed by atoms with Gasteiger partial charge in [0.2, 0.25) is 0 Å². The Morgan fingerprint density at radius 3 is 2.36 bits per heavy atom. The first-order valence-electron chi connectivity index (χ1n) is 3.99. The lowest BCUT2D eigenvalue weighted by atomic mass is 10.1. The van der Waals surface area contributed by atoms with Gasteiger partial charge in [-0.1, -0.05) is 23.7 Å². The predicted molar refractivity (Wildman–Crippen MR) is 60.6 cm³/mol. The van der Waals surface area contributed by atoms with Gasteiger partial charge in [-0.05, 0) is 29.7 Å². The molecule has 0 radical (unpaired) electrons. The zero-order chi connectivity index (χ0) is 9.68. The van der Waals surface area contributed by atoms with Crippen molar-refractivity contribution in [2.75, 3.05) is 6.54 Å². The summed E-state index contributed by atoms with van der Waals surface area (Å²) < 4.78 is 12.2. The lowest BCUT2D eigenvalue weighted by Gasteiger charge is -2.02. The van der Waals surface area contributed by atoms with Crippen molar-refractivity contribution in [2.45, 2.75) is 6.42 Å². The summed E-state index contributed by atoms with van der Waals surface area (Å²) in [5, 5.41) is 0.683. The van der Waals surface area contributed by atoms with Crippen molar-refractivity contribution in [2.24, 2.45) is 5.73 Å². The Balaban J connectivity index is 0.00000169. The highest BCUT2D eigenvalue weighted by molar-refractivity contribution is 6.30. The minimum atomic E-state index is 0. The first-order chi connectivity index (χ1) is 6.26. The van der Waals surface area contributed by atoms with E-state index in [-0.39, 0.29) is 19.0 Å². The van der Waals surface area contributed by atoms with Crippen LogP contribution in [0.2, 0.25) is 5.02 Å². The van der Waals surface area contributed by atoms with Crippen LogP contribution in [0.5, 0.6) is 0 Å². The monoisotopic (exact) mass is 235 g/mol. The molecule has 0 unspecified atom stereocenters. The highest BCUT2D eigenvalue weighted by Gasteiger charge is 1.97. The van der Waals surface area contributed by atoms with Gasteiger partial charge in [-0.15, -0.1) is 12.4 Å². The fraction of sp³-hybridized carbons (Fsp3) is 0.200. The molecular formula is C10H12Cl2FN. The van der Waals surface area contributed by atoms with Gasteiger partial charge in [0.05, 0.1) is 6.33 Å². The lowest BCUT2D eigenvalue weighted by Crippen LogP contribution is -2.05. The summed E-state index contributed by atoms with van der Waals surface area (Å²) in [6.07, 6.45) is 1.11. The van der Waals surface area contributed by atoms with Crippen LogP contribution in [0, 0.1) is 0 Å². The normalized spacial score (nSPS) is 10.9. The zero-order valence-electron chi connectivity index (χ0n) is 7.54. The van der Waals surface area contributed by atoms with Crippen molar-refractivity contribution in [3.63, 3.8) is 0 Å². The fourth-order valence-corrected chi connectivity index (χ4v) is 1.15. The first-order valence-corrected chi connectivity index (χ1v) is 4.36. The smallest absolute Gasteiger partial charge is 0.0875 e. The summed E-state index contributed by atoms with van der Waals surface area (Å²) >= 11 is 5.70. The number of halogens is 3. The number of hydrogen-bond acceptors (Lipinski definition) is 1. The van der Waals surface area contributed by atoms with Crippen molar-refractivity contribution in [3.8, 4) is 0 Å². The largest absolute Gasteiger partial charge is 0.327 e. The van der Waals surface area contributed by atoms with Crippen molar-refractivity contribution < 1.29 is 4.39 Å². The second-order valence-electron chi connectivity index (χ2n) is 2.77. The summed E-state index contributed by atoms with van der Waals surface area (Å²) in [6, 6.07) is 7.29. The van der Waals surface area contributed by atoms with E-state index in [1.54, 1.807) is 12.1 Å². The van der Waals surface area contributed by atoms with E-state index in [4.69, 9.17) is 17.3 Å². The summed E-state index contributed by atoms with van der Waals surface area (Å²) in [6.45, 7) is 0.249. The molecule has 14 heavy (non-hydrogen) atoms. The van der Waals surface area contributed by atoms with Gasteiger partial charge in [0, 0.05) is 11.6 Å². The van der Waals surface area contributed by atoms with Crippen LogP contribution in [0.15, 0.2) is 36.2 Å². The molecule has 0 amide bonds. The zero-order valence-corrected chi connectivity index (χ0v) is 9.11. The van der Waals surface area contributed by atoms with Crippen LogP contribution < -0.4 is 5.73 Å². The van der Waals surface area contributed by atoms with E-state index in [0.717, 1.165) is 5.56 Å². The van der Waals surface area contributed by atoms with Crippen molar-refractivity contribution >= 4 is 24.0 Å². The summed E-state index contributed by atoms with van der Waals surface area (Å²) in [7, 11) is 0. The summed E-state index contributed by atoms with van der Waals surface area (Å²) in [4.78, 5) is 0. The third kappa shape index (κ3) is 4.09. The SMILES string of the molecule is Cl.NC/C(=C\F)Cc1ccc(Cl)cc1. The average Bonchev–Trinajstić information content (AvgIpc) is 2.17. The molecule has 0 atom stereocenters. The van der Waals surface area contributed by atoms with Crippen LogP contribution >= 0.6 is 24.0 Å². The molecule has 0 saturated carbocycles. The van der Waals surface area contributed by atoms with E-state index in [0.29, 0.717) is 23.3 Å². The Bertz CT molecular complexity index is 295. The standard InChI is InChI=1S/C10H11ClFN.ClH/c11-10-3-1-8(2-4-10)5-9(6-12)7-13;/h1-4,6H,5,7,13H2;1H/b9-6-;. The fourth-order valence-electron chi connectivity index (χ4n) is 1.02. The highest BCUT2D eigenvalue weighted by Crippen LogP contribution is 2.12. The third-order valence-electron chi connectivity index (χ3n) is 1.76. The van der Waals surface area contributed by atoms with E-state index < -0.39 is 0 Å². The van der Waals surface area contributed by atoms with Crippen LogP contribution in [0.25, 0.3) is 0 Å². The number of benzene rings is 1. The molecular weight excluding hydrogens is 224 g/mol. The molecule has 1 nitrogen and oxygen atoms in total. The molecule has 0 aromatic heterocycles. The second kappa shape index (κ2) is 6.82. The quantitative estimate of drug-likeness (QED) is 0.857. The molecule has 2 N–H and O–H groups in total. The molecule has 0 saturated heterocycles. The Morgan fingerprint density at radius 2 is 1.93 bits per heavy atom. The molecule has 1 rings (SSSR count). The predicted octanol–water partition coefficient (Wildman–Crippen LogP) is 3.12. The molecule has 0 fully saturated rings. The molecule has 0 bridgehead atoms. The Hall–Kier alpha value is -0.570. The number of hydrogen-bond donors (Lipinski definition) is 1. The van der Waals surface area contributed by atoms with Crippen molar-refractivity contribution in [3.05, 3.63) is 46.8 Å². The van der Waals surface area contributed by atoms with Crippen LogP contribution in [-0.2, 0) is 6.42 Å². The molecule has 1 aromatic rings. The maximum Gasteiger partial charge on any atom is 0.0875 e. The van der Waals surface area contributed by atoms with Gasteiger partial charge < -0.3 is 5.73 Å². The minimum Gasteiger partial charge on any atom is -0.327 e. The molecule has 1 aromatic carbocycles. The maximum absolute atomic E-state index is 12.2. The van der Waals surface area contributed by atoms with Crippen molar-refractivity contribution in [1.82, 2.24) is 0 Å². The molecule has 0 spiro atoms. The Morgan fingerprint density at radius 1 is 1.36 bits per heavy atom. The average molecular weight is 236 g/mol. The third-order valence-corrected chi connectivity index (χ3v) is 2.01. The Labute approximate surface area is 94.2 Å². The van der Waals surface area contributed by atoms with Crippen LogP contribution in [0.3, 0.4) is 0 Å². The Kier molecular flexibility index (Phi) is 6.54. The molecule has 0 aliphatic heterocycles. The van der Waals surface area contributed by atoms with Gasteiger partial charge in [0.25, 0.3) is 0 Å².